The van der Waals surface area contributed by atoms with Crippen molar-refractivity contribution in [2.24, 2.45) is 5.92 Å². The number of carbonyl (C=O) groups is 2. The van der Waals surface area contributed by atoms with Crippen molar-refractivity contribution >= 4 is 43.0 Å². The Bertz CT molecular complexity index is 2040. The predicted octanol–water partition coefficient (Wildman–Crippen LogP) is 6.78. The minimum Gasteiger partial charge on any atom is -0.399 e. The summed E-state index contributed by atoms with van der Waals surface area (Å²) in [4.78, 5) is 29.7. The van der Waals surface area contributed by atoms with Gasteiger partial charge in [0.2, 0.25) is 8.41 Å². The second-order valence-corrected chi connectivity index (χ2v) is 17.7. The number of para-hydroxylation sites is 1. The Kier molecular flexibility index (Phi) is 9.08. The van der Waals surface area contributed by atoms with Crippen molar-refractivity contribution in [3.63, 3.8) is 0 Å². The van der Waals surface area contributed by atoms with Gasteiger partial charge in [-0.3, -0.25) is 19.2 Å². The third-order valence-electron chi connectivity index (χ3n) is 10.3. The van der Waals surface area contributed by atoms with E-state index in [2.05, 4.69) is 15.6 Å². The molecule has 4 aromatic carbocycles. The Hall–Kier alpha value is -5.17. The molecule has 2 aliphatic heterocycles. The summed E-state index contributed by atoms with van der Waals surface area (Å²) in [6.07, 6.45) is 1.58. The Morgan fingerprint density at radius 2 is 1.73 bits per heavy atom. The fourth-order valence-corrected chi connectivity index (χ4v) is 10.4. The van der Waals surface area contributed by atoms with Crippen LogP contribution in [-0.4, -0.2) is 53.0 Å². The number of aryl methyl sites for hydroxylation is 1. The number of hydrogen-bond acceptors (Lipinski definition) is 7. The van der Waals surface area contributed by atoms with Crippen molar-refractivity contribution in [2.75, 3.05) is 22.6 Å². The van der Waals surface area contributed by atoms with E-state index < -0.39 is 31.6 Å². The molecule has 0 aliphatic carbocycles. The lowest BCUT2D eigenvalue weighted by Crippen LogP contribution is -2.44. The number of ether oxygens (including phenoxy) is 1. The van der Waals surface area contributed by atoms with E-state index in [0.717, 1.165) is 5.56 Å². The molecule has 51 heavy (non-hydrogen) atoms. The van der Waals surface area contributed by atoms with Gasteiger partial charge in [-0.2, -0.15) is 0 Å². The lowest BCUT2D eigenvalue weighted by atomic mass is 9.82. The molecule has 0 bridgehead atoms. The van der Waals surface area contributed by atoms with Crippen LogP contribution in [0.4, 0.5) is 26.9 Å². The third kappa shape index (κ3) is 6.24. The highest BCUT2D eigenvalue weighted by atomic mass is 28.4. The summed E-state index contributed by atoms with van der Waals surface area (Å²) in [5, 5.41) is 21.8. The summed E-state index contributed by atoms with van der Waals surface area (Å²) in [5.74, 6) is -1.48. The number of carbonyl (C=O) groups excluding carboxylic acids is 2. The van der Waals surface area contributed by atoms with E-state index in [9.17, 15) is 14.7 Å². The number of nitrogens with two attached hydrogens (primary N) is 1. The van der Waals surface area contributed by atoms with E-state index in [4.69, 9.17) is 10.5 Å². The number of fused-ring (bicyclic) bond motifs is 2. The molecule has 7 rings (SSSR count). The summed E-state index contributed by atoms with van der Waals surface area (Å²) in [6, 6.07) is 30.9. The maximum Gasteiger partial charge on any atom is 0.268 e. The zero-order valence-electron chi connectivity index (χ0n) is 28.7. The normalized spacial score (nSPS) is 21.9. The summed E-state index contributed by atoms with van der Waals surface area (Å²) in [6.45, 7) is 5.49. The molecule has 2 aliphatic rings. The Morgan fingerprint density at radius 1 is 1.04 bits per heavy atom. The van der Waals surface area contributed by atoms with Crippen molar-refractivity contribution < 1.29 is 23.5 Å². The molecule has 12 heteroatoms. The zero-order chi connectivity index (χ0) is 35.9. The lowest BCUT2D eigenvalue weighted by molar-refractivity contribution is -0.145. The topological polar surface area (TPSA) is 136 Å². The molecule has 10 nitrogen and oxygen atoms in total. The third-order valence-corrected chi connectivity index (χ3v) is 12.7. The van der Waals surface area contributed by atoms with Crippen LogP contribution in [0, 0.1) is 5.92 Å². The van der Waals surface area contributed by atoms with Gasteiger partial charge < -0.3 is 25.0 Å². The quantitative estimate of drug-likeness (QED) is 0.0829. The number of halogens is 1. The van der Waals surface area contributed by atoms with E-state index in [-0.39, 0.29) is 24.3 Å². The number of nitrogen functional groups attached to an aromatic ring is 1. The van der Waals surface area contributed by atoms with Gasteiger partial charge in [0.15, 0.2) is 5.60 Å². The largest absolute Gasteiger partial charge is 0.399 e. The van der Waals surface area contributed by atoms with Crippen LogP contribution in [-0.2, 0) is 21.7 Å². The molecule has 1 fully saturated rings. The number of anilines is 4. The van der Waals surface area contributed by atoms with Gasteiger partial charge in [-0.1, -0.05) is 60.7 Å². The van der Waals surface area contributed by atoms with Gasteiger partial charge in [0.1, 0.15) is 0 Å². The number of benzene rings is 4. The molecule has 262 valence electrons. The number of hydrogen-bond donors (Lipinski definition) is 3. The average molecular weight is 705 g/mol. The van der Waals surface area contributed by atoms with Gasteiger partial charge in [0.25, 0.3) is 11.8 Å². The maximum absolute atomic E-state index is 16.5. The van der Waals surface area contributed by atoms with Gasteiger partial charge in [-0.05, 0) is 79.7 Å². The number of nitrogens with one attached hydrogen (secondary N) is 1. The maximum atomic E-state index is 16.5. The Morgan fingerprint density at radius 3 is 2.39 bits per heavy atom. The SMILES string of the molecule is C[C@@H]1[C@@H]([Si](C)(C)F)[C@H](CCn2cc(C(CO)c3ccccc3)nn2)O[C@@]12C(=O)N(c1ccccc1)c1ccc(NC(=O)c3ccc(N)cc3)cc12. The lowest BCUT2D eigenvalue weighted by Gasteiger charge is -2.31. The summed E-state index contributed by atoms with van der Waals surface area (Å²) < 4.78 is 25.1. The number of amides is 2. The van der Waals surface area contributed by atoms with Gasteiger partial charge >= 0.3 is 0 Å². The van der Waals surface area contributed by atoms with E-state index in [1.807, 2.05) is 73.7 Å². The zero-order valence-corrected chi connectivity index (χ0v) is 29.7. The highest BCUT2D eigenvalue weighted by molar-refractivity contribution is 6.72. The van der Waals surface area contributed by atoms with Gasteiger partial charge in [-0.15, -0.1) is 5.10 Å². The standard InChI is InChI=1S/C39H41FN6O4Si/c1-25-36(51(2,3)40)35(20-21-45-23-33(43-44-45)31(24-47)26-10-6-4-7-11-26)50-39(25)32-22-29(42-37(48)27-14-16-28(41)17-15-27)18-19-34(32)46(38(39)49)30-12-8-5-9-13-30/h4-19,22-23,25,31,35-36,47H,20-21,24,41H2,1-3H3,(H,42,48)/t25-,31?,35+,36-,39+/m1/s1. The van der Waals surface area contributed by atoms with Crippen LogP contribution >= 0.6 is 0 Å². The number of aromatic nitrogens is 3. The molecule has 1 unspecified atom stereocenters. The fourth-order valence-electron chi connectivity index (χ4n) is 7.89. The average Bonchev–Trinajstić information content (AvgIpc) is 3.78. The van der Waals surface area contributed by atoms with E-state index in [1.165, 1.54) is 0 Å². The molecule has 4 N–H and O–H groups in total. The molecule has 1 spiro atoms. The van der Waals surface area contributed by atoms with Crippen LogP contribution in [0.25, 0.3) is 0 Å². The van der Waals surface area contributed by atoms with Crippen LogP contribution < -0.4 is 16.0 Å². The number of aliphatic hydroxyl groups is 1. The van der Waals surface area contributed by atoms with Gasteiger partial charge in [0, 0.05) is 52.4 Å². The number of aliphatic hydroxyl groups excluding tert-OH is 1. The molecule has 0 saturated carbocycles. The molecule has 5 aromatic rings. The van der Waals surface area contributed by atoms with E-state index >= 15 is 4.11 Å². The minimum absolute atomic E-state index is 0.125. The highest BCUT2D eigenvalue weighted by Gasteiger charge is 2.67. The van der Waals surface area contributed by atoms with Crippen molar-refractivity contribution in [3.8, 4) is 0 Å². The van der Waals surface area contributed by atoms with E-state index in [1.54, 1.807) is 65.3 Å². The van der Waals surface area contributed by atoms with E-state index in [0.29, 0.717) is 52.5 Å². The number of rotatable bonds is 10. The second kappa shape index (κ2) is 13.5. The van der Waals surface area contributed by atoms with Crippen LogP contribution in [0.1, 0.15) is 46.4 Å². The van der Waals surface area contributed by atoms with Crippen LogP contribution in [0.15, 0.2) is 109 Å². The van der Waals surface area contributed by atoms with Crippen molar-refractivity contribution in [3.05, 3.63) is 132 Å². The molecule has 1 saturated heterocycles. The van der Waals surface area contributed by atoms with Crippen LogP contribution in [0.2, 0.25) is 18.6 Å². The van der Waals surface area contributed by atoms with Gasteiger partial charge in [0.05, 0.1) is 30.0 Å². The fraction of sp³-hybridized carbons (Fsp3) is 0.282. The number of nitrogens with zero attached hydrogens (tertiary/aromatic N) is 4. The first-order chi connectivity index (χ1) is 24.5. The predicted molar refractivity (Wildman–Crippen MR) is 197 cm³/mol. The molecule has 0 radical (unpaired) electrons. The molecule has 3 heterocycles. The highest BCUT2D eigenvalue weighted by Crippen LogP contribution is 2.61. The van der Waals surface area contributed by atoms with Crippen molar-refractivity contribution in [1.29, 1.82) is 0 Å². The Balaban J connectivity index is 1.23. The molecular formula is C39H41FN6O4Si. The first kappa shape index (κ1) is 34.3. The van der Waals surface area contributed by atoms with Crippen molar-refractivity contribution in [2.45, 2.75) is 56.1 Å². The smallest absolute Gasteiger partial charge is 0.268 e. The minimum atomic E-state index is -3.44. The summed E-state index contributed by atoms with van der Waals surface area (Å²) in [7, 11) is -3.44. The van der Waals surface area contributed by atoms with Crippen LogP contribution in [0.5, 0.6) is 0 Å². The first-order valence-electron chi connectivity index (χ1n) is 17.1. The molecular weight excluding hydrogens is 664 g/mol. The molecule has 1 aromatic heterocycles. The summed E-state index contributed by atoms with van der Waals surface area (Å²) in [5.41, 5.74) is 8.68. The monoisotopic (exact) mass is 704 g/mol. The Labute approximate surface area is 297 Å². The molecule has 2 amide bonds. The summed E-state index contributed by atoms with van der Waals surface area (Å²) >= 11 is 0. The van der Waals surface area contributed by atoms with Crippen LogP contribution in [0.3, 0.4) is 0 Å². The second-order valence-electron chi connectivity index (χ2n) is 13.9. The first-order valence-corrected chi connectivity index (χ1v) is 20.1. The molecule has 5 atom stereocenters. The van der Waals surface area contributed by atoms with Crippen molar-refractivity contribution in [1.82, 2.24) is 15.0 Å². The van der Waals surface area contributed by atoms with Gasteiger partial charge in [-0.25, -0.2) is 0 Å².